The van der Waals surface area contributed by atoms with E-state index in [1.54, 1.807) is 0 Å². The second-order valence-electron chi connectivity index (χ2n) is 3.84. The van der Waals surface area contributed by atoms with Gasteiger partial charge >= 0.3 is 0 Å². The highest BCUT2D eigenvalue weighted by atomic mass is 16.5. The van der Waals surface area contributed by atoms with Crippen molar-refractivity contribution in [3.8, 4) is 0 Å². The van der Waals surface area contributed by atoms with Crippen LogP contribution < -0.4 is 5.73 Å². The van der Waals surface area contributed by atoms with Gasteiger partial charge in [0.05, 0.1) is 6.61 Å². The molecule has 2 rings (SSSR count). The summed E-state index contributed by atoms with van der Waals surface area (Å²) in [7, 11) is 0. The molecule has 0 aromatic heterocycles. The highest BCUT2D eigenvalue weighted by molar-refractivity contribution is 4.86. The molecule has 0 spiro atoms. The third-order valence-corrected chi connectivity index (χ3v) is 2.99. The summed E-state index contributed by atoms with van der Waals surface area (Å²) in [6.07, 6.45) is 3.70. The molecule has 0 bridgehead atoms. The molecule has 0 amide bonds. The third kappa shape index (κ3) is 1.63. The van der Waals surface area contributed by atoms with Crippen molar-refractivity contribution in [2.45, 2.75) is 31.3 Å². The quantitative estimate of drug-likeness (QED) is 0.611. The summed E-state index contributed by atoms with van der Waals surface area (Å²) >= 11 is 0. The molecule has 2 N–H and O–H groups in total. The van der Waals surface area contributed by atoms with E-state index in [1.807, 2.05) is 0 Å². The van der Waals surface area contributed by atoms with Crippen LogP contribution >= 0.6 is 0 Å². The van der Waals surface area contributed by atoms with E-state index >= 15 is 0 Å². The summed E-state index contributed by atoms with van der Waals surface area (Å²) in [4.78, 5) is 2.49. The fourth-order valence-electron chi connectivity index (χ4n) is 2.19. The second kappa shape index (κ2) is 3.73. The fraction of sp³-hybridized carbons (Fsp3) is 1.00. The summed E-state index contributed by atoms with van der Waals surface area (Å²) in [5.74, 6) is 0. The Kier molecular flexibility index (Phi) is 2.63. The number of hydrogen-bond donors (Lipinski definition) is 1. The zero-order valence-corrected chi connectivity index (χ0v) is 7.54. The molecule has 0 unspecified atom stereocenters. The third-order valence-electron chi connectivity index (χ3n) is 2.99. The van der Waals surface area contributed by atoms with Crippen molar-refractivity contribution in [3.63, 3.8) is 0 Å². The van der Waals surface area contributed by atoms with E-state index in [-0.39, 0.29) is 0 Å². The van der Waals surface area contributed by atoms with Crippen LogP contribution in [0.4, 0.5) is 0 Å². The predicted octanol–water partition coefficient (Wildman–Crippen LogP) is 0.198. The molecule has 0 radical (unpaired) electrons. The lowest BCUT2D eigenvalue weighted by molar-refractivity contribution is 0.0145. The minimum absolute atomic E-state index is 0.344. The van der Waals surface area contributed by atoms with E-state index < -0.39 is 0 Å². The summed E-state index contributed by atoms with van der Waals surface area (Å²) in [6, 6.07) is 0.845. The van der Waals surface area contributed by atoms with Crippen LogP contribution in [0.2, 0.25) is 0 Å². The topological polar surface area (TPSA) is 38.5 Å². The van der Waals surface area contributed by atoms with Crippen LogP contribution in [0.1, 0.15) is 19.3 Å². The molecule has 2 heterocycles. The van der Waals surface area contributed by atoms with E-state index in [0.717, 1.165) is 19.6 Å². The SMILES string of the molecule is N[C@@H]1CCOC[C@@H]1N1CCCC1. The summed E-state index contributed by atoms with van der Waals surface area (Å²) < 4.78 is 5.44. The van der Waals surface area contributed by atoms with Gasteiger partial charge in [-0.15, -0.1) is 0 Å². The number of nitrogens with two attached hydrogens (primary N) is 1. The molecule has 0 aromatic rings. The Morgan fingerprint density at radius 3 is 2.67 bits per heavy atom. The van der Waals surface area contributed by atoms with Crippen LogP contribution in [0, 0.1) is 0 Å². The van der Waals surface area contributed by atoms with Gasteiger partial charge in [0.1, 0.15) is 0 Å². The maximum Gasteiger partial charge on any atom is 0.0636 e. The molecule has 70 valence electrons. The Morgan fingerprint density at radius 1 is 1.25 bits per heavy atom. The Morgan fingerprint density at radius 2 is 2.00 bits per heavy atom. The summed E-state index contributed by atoms with van der Waals surface area (Å²) in [5.41, 5.74) is 6.04. The van der Waals surface area contributed by atoms with Gasteiger partial charge in [0.2, 0.25) is 0 Å². The Hall–Kier alpha value is -0.120. The molecular weight excluding hydrogens is 152 g/mol. The smallest absolute Gasteiger partial charge is 0.0636 e. The molecular formula is C9H18N2O. The van der Waals surface area contributed by atoms with Gasteiger partial charge in [0, 0.05) is 18.7 Å². The van der Waals surface area contributed by atoms with Crippen LogP contribution in [-0.2, 0) is 4.74 Å². The zero-order valence-electron chi connectivity index (χ0n) is 7.54. The Bertz CT molecular complexity index is 145. The van der Waals surface area contributed by atoms with Gasteiger partial charge in [-0.25, -0.2) is 0 Å². The highest BCUT2D eigenvalue weighted by Gasteiger charge is 2.29. The van der Waals surface area contributed by atoms with Crippen molar-refractivity contribution in [1.29, 1.82) is 0 Å². The predicted molar refractivity (Wildman–Crippen MR) is 48.0 cm³/mol. The largest absolute Gasteiger partial charge is 0.380 e. The normalized spacial score (nSPS) is 38.8. The van der Waals surface area contributed by atoms with Crippen molar-refractivity contribution in [2.75, 3.05) is 26.3 Å². The van der Waals surface area contributed by atoms with Gasteiger partial charge in [-0.3, -0.25) is 4.90 Å². The van der Waals surface area contributed by atoms with Crippen molar-refractivity contribution in [1.82, 2.24) is 4.90 Å². The maximum atomic E-state index is 6.04. The van der Waals surface area contributed by atoms with E-state index in [4.69, 9.17) is 10.5 Å². The number of likely N-dealkylation sites (tertiary alicyclic amines) is 1. The average Bonchev–Trinajstić information content (AvgIpc) is 2.57. The van der Waals surface area contributed by atoms with Gasteiger partial charge in [-0.05, 0) is 32.4 Å². The zero-order chi connectivity index (χ0) is 8.39. The molecule has 2 aliphatic heterocycles. The minimum Gasteiger partial charge on any atom is -0.380 e. The van der Waals surface area contributed by atoms with Crippen LogP contribution in [0.15, 0.2) is 0 Å². The molecule has 2 fully saturated rings. The van der Waals surface area contributed by atoms with Crippen molar-refractivity contribution < 1.29 is 4.74 Å². The van der Waals surface area contributed by atoms with Gasteiger partial charge in [0.25, 0.3) is 0 Å². The number of hydrogen-bond acceptors (Lipinski definition) is 3. The number of nitrogens with zero attached hydrogens (tertiary/aromatic N) is 1. The monoisotopic (exact) mass is 170 g/mol. The molecule has 3 heteroatoms. The van der Waals surface area contributed by atoms with E-state index in [2.05, 4.69) is 4.90 Å². The maximum absolute atomic E-state index is 6.04. The lowest BCUT2D eigenvalue weighted by Gasteiger charge is -2.35. The minimum atomic E-state index is 0.344. The molecule has 3 nitrogen and oxygen atoms in total. The number of ether oxygens (including phenoxy) is 1. The molecule has 2 saturated heterocycles. The average molecular weight is 170 g/mol. The Labute approximate surface area is 73.9 Å². The fourth-order valence-corrected chi connectivity index (χ4v) is 2.19. The number of rotatable bonds is 1. The summed E-state index contributed by atoms with van der Waals surface area (Å²) in [6.45, 7) is 4.15. The standard InChI is InChI=1S/C9H18N2O/c10-8-3-6-12-7-9(8)11-4-1-2-5-11/h8-9H,1-7,10H2/t8-,9+/m1/s1. The second-order valence-corrected chi connectivity index (χ2v) is 3.84. The molecule has 0 aliphatic carbocycles. The van der Waals surface area contributed by atoms with Gasteiger partial charge in [-0.2, -0.15) is 0 Å². The lowest BCUT2D eigenvalue weighted by atomic mass is 10.0. The van der Waals surface area contributed by atoms with E-state index in [0.29, 0.717) is 12.1 Å². The first-order chi connectivity index (χ1) is 5.88. The van der Waals surface area contributed by atoms with Crippen molar-refractivity contribution >= 4 is 0 Å². The summed E-state index contributed by atoms with van der Waals surface area (Å²) in [5, 5.41) is 0. The van der Waals surface area contributed by atoms with Gasteiger partial charge < -0.3 is 10.5 Å². The van der Waals surface area contributed by atoms with Crippen LogP contribution in [0.3, 0.4) is 0 Å². The first-order valence-corrected chi connectivity index (χ1v) is 4.95. The molecule has 0 aromatic carbocycles. The van der Waals surface area contributed by atoms with Crippen molar-refractivity contribution in [3.05, 3.63) is 0 Å². The molecule has 0 saturated carbocycles. The first kappa shape index (κ1) is 8.48. The van der Waals surface area contributed by atoms with Crippen LogP contribution in [0.25, 0.3) is 0 Å². The van der Waals surface area contributed by atoms with Crippen molar-refractivity contribution in [2.24, 2.45) is 5.73 Å². The van der Waals surface area contributed by atoms with Gasteiger partial charge in [-0.1, -0.05) is 0 Å². The van der Waals surface area contributed by atoms with Gasteiger partial charge in [0.15, 0.2) is 0 Å². The Balaban J connectivity index is 1.91. The molecule has 2 atom stereocenters. The lowest BCUT2D eigenvalue weighted by Crippen LogP contribution is -2.52. The van der Waals surface area contributed by atoms with E-state index in [9.17, 15) is 0 Å². The molecule has 2 aliphatic rings. The highest BCUT2D eigenvalue weighted by Crippen LogP contribution is 2.17. The molecule has 12 heavy (non-hydrogen) atoms. The van der Waals surface area contributed by atoms with Crippen LogP contribution in [-0.4, -0.2) is 43.3 Å². The van der Waals surface area contributed by atoms with E-state index in [1.165, 1.54) is 25.9 Å². The van der Waals surface area contributed by atoms with Crippen LogP contribution in [0.5, 0.6) is 0 Å². The first-order valence-electron chi connectivity index (χ1n) is 4.95.